The Morgan fingerprint density at radius 2 is 1.65 bits per heavy atom. The summed E-state index contributed by atoms with van der Waals surface area (Å²) in [4.78, 5) is 4.65. The first-order chi connectivity index (χ1) is 12.4. The molecule has 2 nitrogen and oxygen atoms in total. The van der Waals surface area contributed by atoms with Crippen molar-refractivity contribution >= 4 is 11.6 Å². The van der Waals surface area contributed by atoms with Gasteiger partial charge in [-0.2, -0.15) is 0 Å². The van der Waals surface area contributed by atoms with E-state index in [1.54, 1.807) is 0 Å². The van der Waals surface area contributed by atoms with Crippen molar-refractivity contribution < 1.29 is 4.74 Å². The first-order valence-corrected chi connectivity index (χ1v) is 8.82. The zero-order valence-corrected chi connectivity index (χ0v) is 15.8. The third kappa shape index (κ3) is 4.88. The van der Waals surface area contributed by atoms with Crippen molar-refractivity contribution in [3.05, 3.63) is 82.9 Å². The van der Waals surface area contributed by atoms with Gasteiger partial charge in [-0.25, -0.2) is 4.98 Å². The summed E-state index contributed by atoms with van der Waals surface area (Å²) in [6.45, 7) is 6.02. The summed E-state index contributed by atoms with van der Waals surface area (Å²) in [5.74, 6) is 7.01. The van der Waals surface area contributed by atoms with Crippen molar-refractivity contribution in [3.63, 3.8) is 0 Å². The minimum atomic E-state index is -0.294. The predicted molar refractivity (Wildman–Crippen MR) is 107 cm³/mol. The number of nitrogens with zero attached hydrogens (tertiary/aromatic N) is 1. The Hall–Kier alpha value is -2.76. The molecule has 3 heteroatoms. The minimum Gasteiger partial charge on any atom is -0.472 e. The van der Waals surface area contributed by atoms with E-state index in [4.69, 9.17) is 16.3 Å². The molecule has 0 bridgehead atoms. The fraction of sp³-hybridized carbons (Fsp3) is 0.174. The van der Waals surface area contributed by atoms with Crippen LogP contribution in [0.5, 0.6) is 5.88 Å². The number of aromatic nitrogens is 1. The first-order valence-electron chi connectivity index (χ1n) is 8.44. The third-order valence-corrected chi connectivity index (χ3v) is 3.74. The van der Waals surface area contributed by atoms with Gasteiger partial charge in [0.05, 0.1) is 5.69 Å². The van der Waals surface area contributed by atoms with E-state index in [0.29, 0.717) is 10.9 Å². The van der Waals surface area contributed by atoms with Crippen molar-refractivity contribution in [2.75, 3.05) is 0 Å². The molecule has 0 aliphatic heterocycles. The Balaban J connectivity index is 1.97. The molecule has 0 saturated carbocycles. The molecule has 0 N–H and O–H groups in total. The highest BCUT2D eigenvalue weighted by molar-refractivity contribution is 6.30. The van der Waals surface area contributed by atoms with Crippen LogP contribution < -0.4 is 4.74 Å². The lowest BCUT2D eigenvalue weighted by atomic mass is 10.0. The van der Waals surface area contributed by atoms with Crippen LogP contribution in [-0.4, -0.2) is 10.6 Å². The molecular weight excluding hydrogens is 342 g/mol. The Labute approximate surface area is 159 Å². The number of halogens is 1. The number of benzene rings is 2. The molecule has 2 aromatic carbocycles. The molecule has 0 saturated heterocycles. The van der Waals surface area contributed by atoms with Crippen molar-refractivity contribution in [1.29, 1.82) is 0 Å². The zero-order chi connectivity index (χ0) is 18.6. The Kier molecular flexibility index (Phi) is 5.30. The van der Waals surface area contributed by atoms with E-state index >= 15 is 0 Å². The Morgan fingerprint density at radius 3 is 2.42 bits per heavy atom. The van der Waals surface area contributed by atoms with E-state index in [1.807, 2.05) is 87.5 Å². The summed E-state index contributed by atoms with van der Waals surface area (Å²) in [5.41, 5.74) is 3.31. The SMILES string of the molecule is CC(C)(C)Oc1cccc(-c2ccccc2C#Cc2cccc(Cl)c2)n1. The third-order valence-electron chi connectivity index (χ3n) is 3.50. The molecule has 0 radical (unpaired) electrons. The topological polar surface area (TPSA) is 22.1 Å². The second-order valence-electron chi connectivity index (χ2n) is 6.88. The number of hydrogen-bond donors (Lipinski definition) is 0. The predicted octanol–water partition coefficient (Wildman–Crippen LogP) is 5.98. The lowest BCUT2D eigenvalue weighted by Crippen LogP contribution is -2.23. The lowest BCUT2D eigenvalue weighted by molar-refractivity contribution is 0.124. The highest BCUT2D eigenvalue weighted by Gasteiger charge is 2.13. The molecule has 1 aromatic heterocycles. The maximum atomic E-state index is 6.03. The summed E-state index contributed by atoms with van der Waals surface area (Å²) in [6.07, 6.45) is 0. The standard InChI is InChI=1S/C23H20ClNO/c1-23(2,3)26-22-13-7-12-21(25-22)20-11-5-4-9-18(20)15-14-17-8-6-10-19(24)16-17/h4-13,16H,1-3H3. The van der Waals surface area contributed by atoms with Gasteiger partial charge in [0.2, 0.25) is 5.88 Å². The van der Waals surface area contributed by atoms with Gasteiger partial charge < -0.3 is 4.74 Å². The van der Waals surface area contributed by atoms with Crippen LogP contribution in [-0.2, 0) is 0 Å². The average Bonchev–Trinajstić information content (AvgIpc) is 2.59. The van der Waals surface area contributed by atoms with Gasteiger partial charge in [-0.1, -0.05) is 53.8 Å². The van der Waals surface area contributed by atoms with Crippen molar-refractivity contribution in [1.82, 2.24) is 4.98 Å². The molecule has 0 amide bonds. The second-order valence-corrected chi connectivity index (χ2v) is 7.32. The molecule has 1 heterocycles. The summed E-state index contributed by atoms with van der Waals surface area (Å²) in [7, 11) is 0. The van der Waals surface area contributed by atoms with Gasteiger partial charge in [-0.3, -0.25) is 0 Å². The molecule has 0 aliphatic carbocycles. The van der Waals surface area contributed by atoms with E-state index in [9.17, 15) is 0 Å². The van der Waals surface area contributed by atoms with E-state index in [2.05, 4.69) is 16.8 Å². The van der Waals surface area contributed by atoms with E-state index in [-0.39, 0.29) is 5.60 Å². The van der Waals surface area contributed by atoms with Gasteiger partial charge in [0.1, 0.15) is 5.60 Å². The number of rotatable bonds is 2. The summed E-state index contributed by atoms with van der Waals surface area (Å²) >= 11 is 6.03. The van der Waals surface area contributed by atoms with Crippen LogP contribution in [0, 0.1) is 11.8 Å². The van der Waals surface area contributed by atoms with E-state index in [1.165, 1.54) is 0 Å². The van der Waals surface area contributed by atoms with Crippen LogP contribution in [0.15, 0.2) is 66.7 Å². The molecule has 26 heavy (non-hydrogen) atoms. The maximum Gasteiger partial charge on any atom is 0.214 e. The van der Waals surface area contributed by atoms with Crippen LogP contribution in [0.3, 0.4) is 0 Å². The Bertz CT molecular complexity index is 977. The number of hydrogen-bond acceptors (Lipinski definition) is 2. The molecule has 0 spiro atoms. The minimum absolute atomic E-state index is 0.294. The monoisotopic (exact) mass is 361 g/mol. The van der Waals surface area contributed by atoms with Crippen LogP contribution >= 0.6 is 11.6 Å². The van der Waals surface area contributed by atoms with Crippen molar-refractivity contribution in [3.8, 4) is 29.0 Å². The fourth-order valence-corrected chi connectivity index (χ4v) is 2.65. The molecule has 0 fully saturated rings. The van der Waals surface area contributed by atoms with Gasteiger partial charge in [0.15, 0.2) is 0 Å². The summed E-state index contributed by atoms with van der Waals surface area (Å²) < 4.78 is 5.88. The van der Waals surface area contributed by atoms with Gasteiger partial charge >= 0.3 is 0 Å². The van der Waals surface area contributed by atoms with Gasteiger partial charge in [-0.05, 0) is 51.1 Å². The summed E-state index contributed by atoms with van der Waals surface area (Å²) in [6, 6.07) is 21.3. The zero-order valence-electron chi connectivity index (χ0n) is 15.1. The largest absolute Gasteiger partial charge is 0.472 e. The number of ether oxygens (including phenoxy) is 1. The van der Waals surface area contributed by atoms with Crippen LogP contribution in [0.25, 0.3) is 11.3 Å². The Morgan fingerprint density at radius 1 is 0.885 bits per heavy atom. The van der Waals surface area contributed by atoms with Crippen molar-refractivity contribution in [2.45, 2.75) is 26.4 Å². The molecular formula is C23H20ClNO. The molecule has 3 aromatic rings. The van der Waals surface area contributed by atoms with E-state index < -0.39 is 0 Å². The average molecular weight is 362 g/mol. The van der Waals surface area contributed by atoms with Gasteiger partial charge in [0.25, 0.3) is 0 Å². The smallest absolute Gasteiger partial charge is 0.214 e. The van der Waals surface area contributed by atoms with E-state index in [0.717, 1.165) is 22.4 Å². The second kappa shape index (κ2) is 7.64. The van der Waals surface area contributed by atoms with Crippen LogP contribution in [0.1, 0.15) is 31.9 Å². The van der Waals surface area contributed by atoms with Gasteiger partial charge in [-0.15, -0.1) is 0 Å². The quantitative estimate of drug-likeness (QED) is 0.524. The molecule has 3 rings (SSSR count). The molecule has 0 atom stereocenters. The highest BCUT2D eigenvalue weighted by atomic mass is 35.5. The molecule has 130 valence electrons. The maximum absolute atomic E-state index is 6.03. The number of pyridine rings is 1. The summed E-state index contributed by atoms with van der Waals surface area (Å²) in [5, 5.41) is 0.679. The normalized spacial score (nSPS) is 10.8. The van der Waals surface area contributed by atoms with Gasteiger partial charge in [0, 0.05) is 27.8 Å². The first kappa shape index (κ1) is 18.0. The highest BCUT2D eigenvalue weighted by Crippen LogP contribution is 2.25. The van der Waals surface area contributed by atoms with Crippen LogP contribution in [0.2, 0.25) is 5.02 Å². The lowest BCUT2D eigenvalue weighted by Gasteiger charge is -2.20. The molecule has 0 unspecified atom stereocenters. The van der Waals surface area contributed by atoms with Crippen molar-refractivity contribution in [2.24, 2.45) is 0 Å². The van der Waals surface area contributed by atoms with Crippen LogP contribution in [0.4, 0.5) is 0 Å². The molecule has 0 aliphatic rings. The fourth-order valence-electron chi connectivity index (χ4n) is 2.46.